The zero-order valence-corrected chi connectivity index (χ0v) is 14.4. The summed E-state index contributed by atoms with van der Waals surface area (Å²) >= 11 is 1.81. The average Bonchev–Trinajstić information content (AvgIpc) is 3.28. The SMILES string of the molecule is CCNC(=NCCn1ccnc1)N1CCN(c2cccs2)CC1. The number of aliphatic imine (C=N–C) groups is 1. The highest BCUT2D eigenvalue weighted by Gasteiger charge is 2.20. The Morgan fingerprint density at radius 2 is 2.22 bits per heavy atom. The highest BCUT2D eigenvalue weighted by atomic mass is 32.1. The van der Waals surface area contributed by atoms with Gasteiger partial charge < -0.3 is 19.7 Å². The van der Waals surface area contributed by atoms with Gasteiger partial charge in [-0.05, 0) is 24.4 Å². The highest BCUT2D eigenvalue weighted by molar-refractivity contribution is 7.14. The smallest absolute Gasteiger partial charge is 0.194 e. The van der Waals surface area contributed by atoms with E-state index in [1.54, 1.807) is 6.20 Å². The van der Waals surface area contributed by atoms with Crippen LogP contribution in [0.3, 0.4) is 0 Å². The van der Waals surface area contributed by atoms with E-state index in [1.165, 1.54) is 5.00 Å². The molecule has 0 aromatic carbocycles. The third-order valence-electron chi connectivity index (χ3n) is 3.91. The molecule has 3 heterocycles. The Labute approximate surface area is 141 Å². The van der Waals surface area contributed by atoms with E-state index in [9.17, 15) is 0 Å². The van der Waals surface area contributed by atoms with Crippen molar-refractivity contribution in [1.29, 1.82) is 0 Å². The van der Waals surface area contributed by atoms with Crippen LogP contribution in [-0.4, -0.2) is 59.7 Å². The summed E-state index contributed by atoms with van der Waals surface area (Å²) in [6, 6.07) is 4.32. The number of hydrogen-bond acceptors (Lipinski definition) is 4. The van der Waals surface area contributed by atoms with Crippen LogP contribution >= 0.6 is 11.3 Å². The molecule has 0 amide bonds. The Balaban J connectivity index is 1.54. The predicted molar refractivity (Wildman–Crippen MR) is 96.3 cm³/mol. The summed E-state index contributed by atoms with van der Waals surface area (Å²) in [7, 11) is 0. The largest absolute Gasteiger partial charge is 0.360 e. The van der Waals surface area contributed by atoms with E-state index >= 15 is 0 Å². The number of thiophene rings is 1. The molecule has 0 bridgehead atoms. The number of imidazole rings is 1. The normalized spacial score (nSPS) is 16.0. The summed E-state index contributed by atoms with van der Waals surface area (Å²) in [4.78, 5) is 13.6. The third kappa shape index (κ3) is 4.25. The van der Waals surface area contributed by atoms with Crippen LogP contribution in [0.25, 0.3) is 0 Å². The second kappa shape index (κ2) is 8.01. The predicted octanol–water partition coefficient (Wildman–Crippen LogP) is 1.73. The van der Waals surface area contributed by atoms with Gasteiger partial charge in [0.25, 0.3) is 0 Å². The van der Waals surface area contributed by atoms with Crippen molar-refractivity contribution in [3.05, 3.63) is 36.2 Å². The molecule has 2 aromatic heterocycles. The summed E-state index contributed by atoms with van der Waals surface area (Å²) in [6.45, 7) is 8.76. The number of hydrogen-bond donors (Lipinski definition) is 1. The zero-order valence-electron chi connectivity index (χ0n) is 13.6. The summed E-state index contributed by atoms with van der Waals surface area (Å²) in [6.07, 6.45) is 5.61. The first kappa shape index (κ1) is 15.9. The van der Waals surface area contributed by atoms with E-state index in [0.717, 1.165) is 51.8 Å². The van der Waals surface area contributed by atoms with Gasteiger partial charge in [-0.25, -0.2) is 4.98 Å². The van der Waals surface area contributed by atoms with Gasteiger partial charge in [0.05, 0.1) is 17.9 Å². The van der Waals surface area contributed by atoms with Crippen LogP contribution in [0, 0.1) is 0 Å². The van der Waals surface area contributed by atoms with E-state index in [0.29, 0.717) is 0 Å². The molecule has 6 nitrogen and oxygen atoms in total. The molecule has 124 valence electrons. The number of guanidine groups is 1. The van der Waals surface area contributed by atoms with Crippen molar-refractivity contribution in [2.45, 2.75) is 13.5 Å². The number of nitrogens with zero attached hydrogens (tertiary/aromatic N) is 5. The lowest BCUT2D eigenvalue weighted by Gasteiger charge is -2.37. The molecule has 0 atom stereocenters. The molecular weight excluding hydrogens is 308 g/mol. The molecule has 3 rings (SSSR count). The highest BCUT2D eigenvalue weighted by Crippen LogP contribution is 2.22. The lowest BCUT2D eigenvalue weighted by atomic mass is 10.3. The number of rotatable bonds is 5. The first-order chi connectivity index (χ1) is 11.4. The van der Waals surface area contributed by atoms with E-state index in [-0.39, 0.29) is 0 Å². The average molecular weight is 332 g/mol. The standard InChI is InChI=1S/C16H24N6S/c1-2-18-16(19-6-8-20-7-5-17-14-20)22-11-9-21(10-12-22)15-4-3-13-23-15/h3-5,7,13-14H,2,6,8-12H2,1H3,(H,18,19). The van der Waals surface area contributed by atoms with Crippen LogP contribution in [0.5, 0.6) is 0 Å². The van der Waals surface area contributed by atoms with Gasteiger partial charge in [-0.2, -0.15) is 0 Å². The van der Waals surface area contributed by atoms with Gasteiger partial charge in [0.2, 0.25) is 0 Å². The molecule has 0 aliphatic carbocycles. The molecule has 0 unspecified atom stereocenters. The molecule has 2 aromatic rings. The minimum Gasteiger partial charge on any atom is -0.360 e. The minimum atomic E-state index is 0.768. The van der Waals surface area contributed by atoms with Crippen LogP contribution in [0.1, 0.15) is 6.92 Å². The van der Waals surface area contributed by atoms with Crippen molar-refractivity contribution < 1.29 is 0 Å². The molecule has 23 heavy (non-hydrogen) atoms. The van der Waals surface area contributed by atoms with Crippen molar-refractivity contribution in [3.63, 3.8) is 0 Å². The first-order valence-electron chi connectivity index (χ1n) is 8.14. The van der Waals surface area contributed by atoms with E-state index in [1.807, 2.05) is 23.9 Å². The molecule has 1 aliphatic heterocycles. The molecule has 0 saturated carbocycles. The van der Waals surface area contributed by atoms with Crippen molar-refractivity contribution in [1.82, 2.24) is 19.8 Å². The molecule has 0 spiro atoms. The maximum absolute atomic E-state index is 4.77. The Kier molecular flexibility index (Phi) is 5.52. The van der Waals surface area contributed by atoms with Crippen molar-refractivity contribution in [3.8, 4) is 0 Å². The fraction of sp³-hybridized carbons (Fsp3) is 0.500. The van der Waals surface area contributed by atoms with Crippen molar-refractivity contribution in [2.24, 2.45) is 4.99 Å². The quantitative estimate of drug-likeness (QED) is 0.669. The number of piperazine rings is 1. The van der Waals surface area contributed by atoms with Crippen LogP contribution in [0.4, 0.5) is 5.00 Å². The van der Waals surface area contributed by atoms with Crippen LogP contribution in [-0.2, 0) is 6.54 Å². The minimum absolute atomic E-state index is 0.768. The van der Waals surface area contributed by atoms with Gasteiger partial charge >= 0.3 is 0 Å². The summed E-state index contributed by atoms with van der Waals surface area (Å²) < 4.78 is 2.06. The molecule has 1 aliphatic rings. The van der Waals surface area contributed by atoms with Gasteiger partial charge in [-0.1, -0.05) is 0 Å². The Morgan fingerprint density at radius 1 is 1.35 bits per heavy atom. The topological polar surface area (TPSA) is 48.7 Å². The van der Waals surface area contributed by atoms with Crippen LogP contribution in [0.15, 0.2) is 41.2 Å². The third-order valence-corrected chi connectivity index (χ3v) is 4.84. The van der Waals surface area contributed by atoms with Crippen LogP contribution < -0.4 is 10.2 Å². The second-order valence-electron chi connectivity index (χ2n) is 5.46. The maximum Gasteiger partial charge on any atom is 0.194 e. The van der Waals surface area contributed by atoms with E-state index < -0.39 is 0 Å². The molecule has 7 heteroatoms. The van der Waals surface area contributed by atoms with E-state index in [4.69, 9.17) is 4.99 Å². The Morgan fingerprint density at radius 3 is 2.87 bits per heavy atom. The lowest BCUT2D eigenvalue weighted by Crippen LogP contribution is -2.52. The first-order valence-corrected chi connectivity index (χ1v) is 9.02. The Hall–Kier alpha value is -2.02. The number of anilines is 1. The van der Waals surface area contributed by atoms with Crippen LogP contribution in [0.2, 0.25) is 0 Å². The van der Waals surface area contributed by atoms with Crippen molar-refractivity contribution >= 4 is 22.3 Å². The van der Waals surface area contributed by atoms with Gasteiger partial charge in [-0.3, -0.25) is 4.99 Å². The number of aromatic nitrogens is 2. The molecule has 0 radical (unpaired) electrons. The summed E-state index contributed by atoms with van der Waals surface area (Å²) in [5.74, 6) is 1.03. The van der Waals surface area contributed by atoms with E-state index in [2.05, 4.69) is 49.1 Å². The Bertz CT molecular complexity index is 584. The number of nitrogens with one attached hydrogen (secondary N) is 1. The zero-order chi connectivity index (χ0) is 15.9. The van der Waals surface area contributed by atoms with Gasteiger partial charge in [0.1, 0.15) is 0 Å². The molecular formula is C16H24N6S. The summed E-state index contributed by atoms with van der Waals surface area (Å²) in [5.41, 5.74) is 0. The second-order valence-corrected chi connectivity index (χ2v) is 6.39. The van der Waals surface area contributed by atoms with Gasteiger partial charge in [0.15, 0.2) is 5.96 Å². The molecule has 1 saturated heterocycles. The van der Waals surface area contributed by atoms with Crippen molar-refractivity contribution in [2.75, 3.05) is 44.2 Å². The molecule has 1 N–H and O–H groups in total. The summed E-state index contributed by atoms with van der Waals surface area (Å²) in [5, 5.41) is 6.93. The maximum atomic E-state index is 4.77. The monoisotopic (exact) mass is 332 g/mol. The fourth-order valence-electron chi connectivity index (χ4n) is 2.70. The fourth-order valence-corrected chi connectivity index (χ4v) is 3.49. The van der Waals surface area contributed by atoms with Gasteiger partial charge in [0, 0.05) is 51.7 Å². The molecule has 1 fully saturated rings. The lowest BCUT2D eigenvalue weighted by molar-refractivity contribution is 0.373. The van der Waals surface area contributed by atoms with Gasteiger partial charge in [-0.15, -0.1) is 11.3 Å².